The SMILES string of the molecule is CCNC(C)c1ccc(-c2c(Br)nnn2C)cc1Cl. The normalized spacial score (nSPS) is 12.7. The van der Waals surface area contributed by atoms with E-state index in [1.807, 2.05) is 25.2 Å². The molecule has 0 amide bonds. The van der Waals surface area contributed by atoms with Gasteiger partial charge >= 0.3 is 0 Å². The summed E-state index contributed by atoms with van der Waals surface area (Å²) in [6.45, 7) is 5.10. The molecular weight excluding hydrogens is 328 g/mol. The molecule has 0 fully saturated rings. The van der Waals surface area contributed by atoms with Crippen LogP contribution in [0.2, 0.25) is 5.02 Å². The van der Waals surface area contributed by atoms with Crippen molar-refractivity contribution < 1.29 is 0 Å². The predicted octanol–water partition coefficient (Wildman–Crippen LogP) is 3.57. The Labute approximate surface area is 126 Å². The first-order chi connectivity index (χ1) is 9.04. The molecule has 0 spiro atoms. The molecule has 102 valence electrons. The summed E-state index contributed by atoms with van der Waals surface area (Å²) in [6, 6.07) is 6.27. The molecule has 0 saturated carbocycles. The monoisotopic (exact) mass is 342 g/mol. The minimum Gasteiger partial charge on any atom is -0.310 e. The van der Waals surface area contributed by atoms with Crippen LogP contribution < -0.4 is 5.32 Å². The Morgan fingerprint density at radius 1 is 1.47 bits per heavy atom. The zero-order chi connectivity index (χ0) is 14.0. The van der Waals surface area contributed by atoms with Gasteiger partial charge in [-0.3, -0.25) is 0 Å². The van der Waals surface area contributed by atoms with Crippen molar-refractivity contribution >= 4 is 27.5 Å². The number of nitrogens with zero attached hydrogens (tertiary/aromatic N) is 3. The summed E-state index contributed by atoms with van der Waals surface area (Å²) in [5.74, 6) is 0. The molecule has 1 atom stereocenters. The van der Waals surface area contributed by atoms with E-state index in [9.17, 15) is 0 Å². The Morgan fingerprint density at radius 2 is 2.21 bits per heavy atom. The summed E-state index contributed by atoms with van der Waals surface area (Å²) in [5, 5.41) is 12.1. The fourth-order valence-corrected chi connectivity index (χ4v) is 2.98. The maximum Gasteiger partial charge on any atom is 0.156 e. The highest BCUT2D eigenvalue weighted by Gasteiger charge is 2.14. The smallest absolute Gasteiger partial charge is 0.156 e. The summed E-state index contributed by atoms with van der Waals surface area (Å²) < 4.78 is 2.45. The third-order valence-electron chi connectivity index (χ3n) is 3.04. The second-order valence-electron chi connectivity index (χ2n) is 4.37. The van der Waals surface area contributed by atoms with Gasteiger partial charge < -0.3 is 5.32 Å². The molecule has 1 N–H and O–H groups in total. The average molecular weight is 344 g/mol. The lowest BCUT2D eigenvalue weighted by Crippen LogP contribution is -2.17. The number of hydrogen-bond donors (Lipinski definition) is 1. The number of nitrogens with one attached hydrogen (secondary N) is 1. The lowest BCUT2D eigenvalue weighted by Gasteiger charge is -2.15. The molecule has 1 heterocycles. The summed E-state index contributed by atoms with van der Waals surface area (Å²) in [4.78, 5) is 0. The summed E-state index contributed by atoms with van der Waals surface area (Å²) in [6.07, 6.45) is 0. The van der Waals surface area contributed by atoms with E-state index in [-0.39, 0.29) is 6.04 Å². The molecule has 0 saturated heterocycles. The number of halogens is 2. The lowest BCUT2D eigenvalue weighted by molar-refractivity contribution is 0.598. The van der Waals surface area contributed by atoms with Crippen LogP contribution in [-0.4, -0.2) is 21.5 Å². The van der Waals surface area contributed by atoms with Crippen LogP contribution in [0.1, 0.15) is 25.5 Å². The van der Waals surface area contributed by atoms with E-state index >= 15 is 0 Å². The summed E-state index contributed by atoms with van der Waals surface area (Å²) in [5.41, 5.74) is 3.01. The van der Waals surface area contributed by atoms with E-state index in [0.29, 0.717) is 0 Å². The van der Waals surface area contributed by atoms with E-state index in [1.165, 1.54) is 0 Å². The van der Waals surface area contributed by atoms with Gasteiger partial charge in [0.05, 0.1) is 0 Å². The number of benzene rings is 1. The second kappa shape index (κ2) is 6.03. The highest BCUT2D eigenvalue weighted by atomic mass is 79.9. The fourth-order valence-electron chi connectivity index (χ4n) is 2.08. The van der Waals surface area contributed by atoms with Crippen LogP contribution in [0.5, 0.6) is 0 Å². The molecule has 2 aromatic rings. The van der Waals surface area contributed by atoms with Crippen LogP contribution in [0.25, 0.3) is 11.3 Å². The minimum atomic E-state index is 0.236. The molecule has 19 heavy (non-hydrogen) atoms. The molecule has 1 aromatic heterocycles. The van der Waals surface area contributed by atoms with Crippen molar-refractivity contribution in [2.24, 2.45) is 7.05 Å². The number of hydrogen-bond acceptors (Lipinski definition) is 3. The Balaban J connectivity index is 2.39. The van der Waals surface area contributed by atoms with Crippen molar-refractivity contribution in [3.8, 4) is 11.3 Å². The van der Waals surface area contributed by atoms with Crippen molar-refractivity contribution in [2.45, 2.75) is 19.9 Å². The highest BCUT2D eigenvalue weighted by Crippen LogP contribution is 2.31. The van der Waals surface area contributed by atoms with Gasteiger partial charge in [-0.2, -0.15) is 0 Å². The molecular formula is C13H16BrClN4. The fraction of sp³-hybridized carbons (Fsp3) is 0.385. The topological polar surface area (TPSA) is 42.7 Å². The maximum atomic E-state index is 6.38. The van der Waals surface area contributed by atoms with Gasteiger partial charge in [0.25, 0.3) is 0 Å². The molecule has 0 radical (unpaired) electrons. The molecule has 0 aliphatic rings. The largest absolute Gasteiger partial charge is 0.310 e. The third-order valence-corrected chi connectivity index (χ3v) is 3.90. The van der Waals surface area contributed by atoms with Crippen molar-refractivity contribution in [3.63, 3.8) is 0 Å². The van der Waals surface area contributed by atoms with Crippen LogP contribution in [0, 0.1) is 0 Å². The Hall–Kier alpha value is -0.910. The number of aromatic nitrogens is 3. The Kier molecular flexibility index (Phi) is 4.60. The number of rotatable bonds is 4. The Bertz CT molecular complexity index is 563. The molecule has 0 bridgehead atoms. The van der Waals surface area contributed by atoms with Gasteiger partial charge in [0, 0.05) is 23.7 Å². The van der Waals surface area contributed by atoms with E-state index < -0.39 is 0 Å². The average Bonchev–Trinajstić information content (AvgIpc) is 2.69. The van der Waals surface area contributed by atoms with Crippen molar-refractivity contribution in [3.05, 3.63) is 33.4 Å². The summed E-state index contributed by atoms with van der Waals surface area (Å²) >= 11 is 9.78. The molecule has 0 aliphatic heterocycles. The van der Waals surface area contributed by atoms with Gasteiger partial charge in [-0.1, -0.05) is 35.9 Å². The van der Waals surface area contributed by atoms with Crippen LogP contribution >= 0.6 is 27.5 Å². The van der Waals surface area contributed by atoms with Crippen LogP contribution in [-0.2, 0) is 7.05 Å². The van der Waals surface area contributed by atoms with Crippen molar-refractivity contribution in [2.75, 3.05) is 6.54 Å². The molecule has 1 unspecified atom stereocenters. The van der Waals surface area contributed by atoms with Crippen LogP contribution in [0.15, 0.2) is 22.8 Å². The molecule has 2 rings (SSSR count). The number of aryl methyl sites for hydroxylation is 1. The minimum absolute atomic E-state index is 0.236. The quantitative estimate of drug-likeness (QED) is 0.923. The first kappa shape index (κ1) is 14.5. The van der Waals surface area contributed by atoms with E-state index in [2.05, 4.69) is 45.4 Å². The first-order valence-electron chi connectivity index (χ1n) is 6.13. The Morgan fingerprint density at radius 3 is 2.74 bits per heavy atom. The van der Waals surface area contributed by atoms with E-state index in [1.54, 1.807) is 4.68 Å². The zero-order valence-electron chi connectivity index (χ0n) is 11.1. The highest BCUT2D eigenvalue weighted by molar-refractivity contribution is 9.10. The lowest BCUT2D eigenvalue weighted by atomic mass is 10.0. The molecule has 0 aliphatic carbocycles. The predicted molar refractivity (Wildman–Crippen MR) is 81.2 cm³/mol. The van der Waals surface area contributed by atoms with Crippen LogP contribution in [0.3, 0.4) is 0 Å². The standard InChI is InChI=1S/C13H16BrClN4/c1-4-16-8(2)10-6-5-9(7-11(10)15)12-13(14)17-18-19(12)3/h5-8,16H,4H2,1-3H3. The van der Waals surface area contributed by atoms with Gasteiger partial charge in [-0.15, -0.1) is 5.10 Å². The van der Waals surface area contributed by atoms with Gasteiger partial charge in [0.2, 0.25) is 0 Å². The first-order valence-corrected chi connectivity index (χ1v) is 7.30. The second-order valence-corrected chi connectivity index (χ2v) is 5.53. The van der Waals surface area contributed by atoms with Crippen molar-refractivity contribution in [1.29, 1.82) is 0 Å². The van der Waals surface area contributed by atoms with Crippen molar-refractivity contribution in [1.82, 2.24) is 20.3 Å². The van der Waals surface area contributed by atoms with Crippen LogP contribution in [0.4, 0.5) is 0 Å². The molecule has 4 nitrogen and oxygen atoms in total. The van der Waals surface area contributed by atoms with Gasteiger partial charge in [-0.25, -0.2) is 4.68 Å². The van der Waals surface area contributed by atoms with Gasteiger partial charge in [-0.05, 0) is 41.0 Å². The van der Waals surface area contributed by atoms with Gasteiger partial charge in [0.1, 0.15) is 5.69 Å². The summed E-state index contributed by atoms with van der Waals surface area (Å²) in [7, 11) is 1.86. The third kappa shape index (κ3) is 2.99. The maximum absolute atomic E-state index is 6.38. The molecule has 6 heteroatoms. The zero-order valence-corrected chi connectivity index (χ0v) is 13.5. The van der Waals surface area contributed by atoms with E-state index in [4.69, 9.17) is 11.6 Å². The molecule has 1 aromatic carbocycles. The van der Waals surface area contributed by atoms with Gasteiger partial charge in [0.15, 0.2) is 4.60 Å². The van der Waals surface area contributed by atoms with E-state index in [0.717, 1.165) is 33.0 Å².